The molecular formula is C15H10ClN3O. The average molecular weight is 284 g/mol. The highest BCUT2D eigenvalue weighted by molar-refractivity contribution is 6.67. The van der Waals surface area contributed by atoms with E-state index in [0.717, 1.165) is 5.69 Å². The maximum Gasteiger partial charge on any atom is 0.215 e. The monoisotopic (exact) mass is 283 g/mol. The lowest BCUT2D eigenvalue weighted by atomic mass is 10.1. The number of hydrogen-bond donors (Lipinski definition) is 1. The third kappa shape index (κ3) is 2.46. The van der Waals surface area contributed by atoms with Crippen molar-refractivity contribution in [1.29, 1.82) is 0 Å². The highest BCUT2D eigenvalue weighted by atomic mass is 35.5. The summed E-state index contributed by atoms with van der Waals surface area (Å²) in [5.41, 5.74) is 5.23. The maximum absolute atomic E-state index is 12.0. The Morgan fingerprint density at radius 1 is 1.10 bits per heavy atom. The van der Waals surface area contributed by atoms with Gasteiger partial charge in [0, 0.05) is 10.6 Å². The van der Waals surface area contributed by atoms with Crippen molar-refractivity contribution in [3.8, 4) is 0 Å². The Labute approximate surface area is 120 Å². The molecule has 0 amide bonds. The molecule has 4 nitrogen and oxygen atoms in total. The zero-order chi connectivity index (χ0) is 13.9. The SMILES string of the molecule is O=C1C(/C=N/Nc2ccc(Cl)cc2)=Nc2ccccc21. The number of halogens is 1. The topological polar surface area (TPSA) is 53.8 Å². The predicted octanol–water partition coefficient (Wildman–Crippen LogP) is 3.71. The third-order valence-electron chi connectivity index (χ3n) is 2.85. The minimum absolute atomic E-state index is 0.109. The number of anilines is 1. The van der Waals surface area contributed by atoms with Gasteiger partial charge < -0.3 is 0 Å². The van der Waals surface area contributed by atoms with Gasteiger partial charge in [0.2, 0.25) is 5.78 Å². The van der Waals surface area contributed by atoms with Crippen LogP contribution in [0.5, 0.6) is 0 Å². The molecule has 1 heterocycles. The van der Waals surface area contributed by atoms with Crippen LogP contribution in [0.15, 0.2) is 58.6 Å². The molecule has 0 aliphatic carbocycles. The van der Waals surface area contributed by atoms with Crippen LogP contribution in [0.4, 0.5) is 11.4 Å². The molecule has 5 heteroatoms. The molecule has 2 aromatic rings. The molecular weight excluding hydrogens is 274 g/mol. The summed E-state index contributed by atoms with van der Waals surface area (Å²) >= 11 is 5.79. The lowest BCUT2D eigenvalue weighted by Gasteiger charge is -1.99. The minimum atomic E-state index is -0.109. The molecule has 0 atom stereocenters. The molecule has 0 spiro atoms. The molecule has 1 aliphatic heterocycles. The largest absolute Gasteiger partial charge is 0.287 e. The maximum atomic E-state index is 12.0. The van der Waals surface area contributed by atoms with E-state index < -0.39 is 0 Å². The summed E-state index contributed by atoms with van der Waals surface area (Å²) in [6.07, 6.45) is 1.43. The van der Waals surface area contributed by atoms with Crippen molar-refractivity contribution >= 4 is 40.7 Å². The van der Waals surface area contributed by atoms with Crippen LogP contribution in [-0.2, 0) is 0 Å². The fourth-order valence-electron chi connectivity index (χ4n) is 1.86. The molecule has 1 N–H and O–H groups in total. The molecule has 0 aromatic heterocycles. The second kappa shape index (κ2) is 5.27. The number of aliphatic imine (C=N–C) groups is 1. The Kier molecular flexibility index (Phi) is 3.31. The van der Waals surface area contributed by atoms with Gasteiger partial charge in [-0.25, -0.2) is 4.99 Å². The summed E-state index contributed by atoms with van der Waals surface area (Å²) in [7, 11) is 0. The number of carbonyl (C=O) groups excluding carboxylic acids is 1. The van der Waals surface area contributed by atoms with Crippen molar-refractivity contribution in [2.75, 3.05) is 5.43 Å². The summed E-state index contributed by atoms with van der Waals surface area (Å²) in [6, 6.07) is 14.3. The predicted molar refractivity (Wildman–Crippen MR) is 81.4 cm³/mol. The first-order chi connectivity index (χ1) is 9.74. The van der Waals surface area contributed by atoms with Gasteiger partial charge in [-0.3, -0.25) is 10.2 Å². The first-order valence-electron chi connectivity index (χ1n) is 6.01. The van der Waals surface area contributed by atoms with E-state index in [1.807, 2.05) is 12.1 Å². The van der Waals surface area contributed by atoms with Crippen LogP contribution in [0, 0.1) is 0 Å². The Balaban J connectivity index is 1.72. The fourth-order valence-corrected chi connectivity index (χ4v) is 1.99. The molecule has 0 saturated heterocycles. The van der Waals surface area contributed by atoms with Crippen molar-refractivity contribution in [3.63, 3.8) is 0 Å². The van der Waals surface area contributed by atoms with E-state index in [-0.39, 0.29) is 5.78 Å². The summed E-state index contributed by atoms with van der Waals surface area (Å²) in [5, 5.41) is 4.67. The van der Waals surface area contributed by atoms with Crippen molar-refractivity contribution < 1.29 is 4.79 Å². The number of fused-ring (bicyclic) bond motifs is 1. The molecule has 98 valence electrons. The summed E-state index contributed by atoms with van der Waals surface area (Å²) in [6.45, 7) is 0. The second-order valence-corrected chi connectivity index (χ2v) is 4.66. The highest BCUT2D eigenvalue weighted by Gasteiger charge is 2.22. The number of rotatable bonds is 3. The zero-order valence-corrected chi connectivity index (χ0v) is 11.1. The van der Waals surface area contributed by atoms with Crippen LogP contribution in [0.2, 0.25) is 5.02 Å². The number of carbonyl (C=O) groups is 1. The molecule has 2 aromatic carbocycles. The van der Waals surface area contributed by atoms with E-state index in [0.29, 0.717) is 22.0 Å². The van der Waals surface area contributed by atoms with Gasteiger partial charge in [0.25, 0.3) is 0 Å². The fraction of sp³-hybridized carbons (Fsp3) is 0. The van der Waals surface area contributed by atoms with E-state index in [1.165, 1.54) is 6.21 Å². The van der Waals surface area contributed by atoms with Crippen LogP contribution in [0.25, 0.3) is 0 Å². The first-order valence-corrected chi connectivity index (χ1v) is 6.39. The number of benzene rings is 2. The number of ketones is 1. The quantitative estimate of drug-likeness (QED) is 0.690. The van der Waals surface area contributed by atoms with Crippen LogP contribution < -0.4 is 5.43 Å². The van der Waals surface area contributed by atoms with Crippen molar-refractivity contribution in [3.05, 3.63) is 59.1 Å². The van der Waals surface area contributed by atoms with Crippen LogP contribution >= 0.6 is 11.6 Å². The third-order valence-corrected chi connectivity index (χ3v) is 3.10. The van der Waals surface area contributed by atoms with Crippen LogP contribution in [0.1, 0.15) is 10.4 Å². The normalized spacial score (nSPS) is 13.4. The minimum Gasteiger partial charge on any atom is -0.287 e. The van der Waals surface area contributed by atoms with E-state index in [2.05, 4.69) is 15.5 Å². The van der Waals surface area contributed by atoms with E-state index >= 15 is 0 Å². The molecule has 0 saturated carbocycles. The average Bonchev–Trinajstić information content (AvgIpc) is 2.78. The zero-order valence-electron chi connectivity index (χ0n) is 10.4. The Morgan fingerprint density at radius 2 is 1.85 bits per heavy atom. The van der Waals surface area contributed by atoms with Gasteiger partial charge in [-0.05, 0) is 36.4 Å². The van der Waals surface area contributed by atoms with E-state index in [9.17, 15) is 4.79 Å². The van der Waals surface area contributed by atoms with Crippen molar-refractivity contribution in [1.82, 2.24) is 0 Å². The molecule has 0 radical (unpaired) electrons. The number of nitrogens with one attached hydrogen (secondary N) is 1. The van der Waals surface area contributed by atoms with Gasteiger partial charge >= 0.3 is 0 Å². The van der Waals surface area contributed by atoms with Gasteiger partial charge in [0.1, 0.15) is 5.71 Å². The summed E-state index contributed by atoms with van der Waals surface area (Å²) in [5.74, 6) is -0.109. The van der Waals surface area contributed by atoms with Gasteiger partial charge in [0.05, 0.1) is 17.6 Å². The van der Waals surface area contributed by atoms with E-state index in [1.54, 1.807) is 36.4 Å². The van der Waals surface area contributed by atoms with Crippen LogP contribution in [0.3, 0.4) is 0 Å². The Hall–Kier alpha value is -2.46. The van der Waals surface area contributed by atoms with Gasteiger partial charge in [-0.1, -0.05) is 23.7 Å². The number of nitrogens with zero attached hydrogens (tertiary/aromatic N) is 2. The van der Waals surface area contributed by atoms with Gasteiger partial charge in [0.15, 0.2) is 0 Å². The van der Waals surface area contributed by atoms with E-state index in [4.69, 9.17) is 11.6 Å². The second-order valence-electron chi connectivity index (χ2n) is 4.22. The lowest BCUT2D eigenvalue weighted by molar-refractivity contribution is 0.107. The molecule has 0 fully saturated rings. The van der Waals surface area contributed by atoms with Gasteiger partial charge in [-0.15, -0.1) is 0 Å². The number of hydrogen-bond acceptors (Lipinski definition) is 4. The molecule has 20 heavy (non-hydrogen) atoms. The summed E-state index contributed by atoms with van der Waals surface area (Å²) < 4.78 is 0. The standard InChI is InChI=1S/C15H10ClN3O/c16-10-5-7-11(8-6-10)19-17-9-14-15(20)12-3-1-2-4-13(12)18-14/h1-9,19H/b17-9+. The lowest BCUT2D eigenvalue weighted by Crippen LogP contribution is -2.11. The smallest absolute Gasteiger partial charge is 0.215 e. The van der Waals surface area contributed by atoms with Crippen LogP contribution in [-0.4, -0.2) is 17.7 Å². The van der Waals surface area contributed by atoms with Crippen molar-refractivity contribution in [2.24, 2.45) is 10.1 Å². The van der Waals surface area contributed by atoms with Crippen molar-refractivity contribution in [2.45, 2.75) is 0 Å². The first kappa shape index (κ1) is 12.6. The highest BCUT2D eigenvalue weighted by Crippen LogP contribution is 2.25. The molecule has 1 aliphatic rings. The summed E-state index contributed by atoms with van der Waals surface area (Å²) in [4.78, 5) is 16.3. The van der Waals surface area contributed by atoms with Gasteiger partial charge in [-0.2, -0.15) is 5.10 Å². The Morgan fingerprint density at radius 3 is 2.60 bits per heavy atom. The molecule has 0 unspecified atom stereocenters. The number of para-hydroxylation sites is 1. The Bertz CT molecular complexity index is 720. The number of Topliss-reactive ketones (excluding diaryl/α,β-unsaturated/α-hetero) is 1. The number of hydrazone groups is 1. The molecule has 0 bridgehead atoms. The molecule has 3 rings (SSSR count).